The normalized spacial score (nSPS) is 13.0. The predicted molar refractivity (Wildman–Crippen MR) is 93.9 cm³/mol. The second-order valence-electron chi connectivity index (χ2n) is 7.13. The number of phenolic OH excluding ortho intramolecular Hbond substituents is 1. The zero-order valence-corrected chi connectivity index (χ0v) is 14.7. The van der Waals surface area contributed by atoms with Gasteiger partial charge in [-0.05, 0) is 48.3 Å². The molecule has 0 spiro atoms. The van der Waals surface area contributed by atoms with E-state index in [4.69, 9.17) is 0 Å². The fourth-order valence-corrected chi connectivity index (χ4v) is 2.54. The predicted octanol–water partition coefficient (Wildman–Crippen LogP) is 5.74. The SMILES string of the molecule is C=CCCCC(=O)c1cc(C(C)CC)c(O)c(C(C)(C)C)c1. The number of hydrogen-bond acceptors (Lipinski definition) is 2. The molecular weight excluding hydrogens is 272 g/mol. The highest BCUT2D eigenvalue weighted by Crippen LogP contribution is 2.38. The third-order valence-electron chi connectivity index (χ3n) is 4.22. The van der Waals surface area contributed by atoms with Crippen LogP contribution in [0.2, 0.25) is 0 Å². The molecule has 122 valence electrons. The number of rotatable bonds is 7. The van der Waals surface area contributed by atoms with E-state index in [1.165, 1.54) is 0 Å². The summed E-state index contributed by atoms with van der Waals surface area (Å²) in [5.74, 6) is 0.739. The minimum Gasteiger partial charge on any atom is -0.507 e. The van der Waals surface area contributed by atoms with Crippen molar-refractivity contribution in [3.05, 3.63) is 41.5 Å². The second-order valence-corrected chi connectivity index (χ2v) is 7.13. The van der Waals surface area contributed by atoms with E-state index in [1.807, 2.05) is 18.2 Å². The van der Waals surface area contributed by atoms with E-state index in [1.54, 1.807) is 0 Å². The number of ketones is 1. The molecule has 0 fully saturated rings. The van der Waals surface area contributed by atoms with Crippen LogP contribution in [0.3, 0.4) is 0 Å². The monoisotopic (exact) mass is 302 g/mol. The lowest BCUT2D eigenvalue weighted by Gasteiger charge is -2.25. The van der Waals surface area contributed by atoms with Crippen molar-refractivity contribution in [3.63, 3.8) is 0 Å². The summed E-state index contributed by atoms with van der Waals surface area (Å²) in [6, 6.07) is 3.76. The van der Waals surface area contributed by atoms with Gasteiger partial charge in [0.25, 0.3) is 0 Å². The number of benzene rings is 1. The number of hydrogen-bond donors (Lipinski definition) is 1. The first-order valence-corrected chi connectivity index (χ1v) is 8.23. The summed E-state index contributed by atoms with van der Waals surface area (Å²) in [6.07, 6.45) is 4.99. The van der Waals surface area contributed by atoms with Gasteiger partial charge in [0.2, 0.25) is 0 Å². The third kappa shape index (κ3) is 4.46. The van der Waals surface area contributed by atoms with Gasteiger partial charge in [0.1, 0.15) is 5.75 Å². The number of phenols is 1. The maximum absolute atomic E-state index is 12.5. The molecule has 0 amide bonds. The van der Waals surface area contributed by atoms with Crippen molar-refractivity contribution in [1.82, 2.24) is 0 Å². The molecule has 1 N–H and O–H groups in total. The van der Waals surface area contributed by atoms with Crippen molar-refractivity contribution in [2.75, 3.05) is 0 Å². The van der Waals surface area contributed by atoms with Crippen LogP contribution in [0.1, 0.15) is 87.7 Å². The highest BCUT2D eigenvalue weighted by atomic mass is 16.3. The molecule has 1 rings (SSSR count). The molecule has 1 atom stereocenters. The summed E-state index contributed by atoms with van der Waals surface area (Å²) in [6.45, 7) is 14.1. The first kappa shape index (κ1) is 18.5. The average Bonchev–Trinajstić information content (AvgIpc) is 2.45. The summed E-state index contributed by atoms with van der Waals surface area (Å²) in [7, 11) is 0. The first-order chi connectivity index (χ1) is 10.2. The van der Waals surface area contributed by atoms with Gasteiger partial charge in [-0.1, -0.05) is 40.7 Å². The second kappa shape index (κ2) is 7.62. The minimum absolute atomic E-state index is 0.150. The van der Waals surface area contributed by atoms with E-state index in [2.05, 4.69) is 41.2 Å². The van der Waals surface area contributed by atoms with Gasteiger partial charge in [-0.15, -0.1) is 6.58 Å². The van der Waals surface area contributed by atoms with E-state index in [0.29, 0.717) is 12.2 Å². The fourth-order valence-electron chi connectivity index (χ4n) is 2.54. The molecule has 2 heteroatoms. The van der Waals surface area contributed by atoms with Gasteiger partial charge in [-0.2, -0.15) is 0 Å². The van der Waals surface area contributed by atoms with Gasteiger partial charge in [0.05, 0.1) is 0 Å². The molecule has 0 aromatic heterocycles. The Hall–Kier alpha value is -1.57. The van der Waals surface area contributed by atoms with Crippen molar-refractivity contribution < 1.29 is 9.90 Å². The van der Waals surface area contributed by atoms with Crippen molar-refractivity contribution in [1.29, 1.82) is 0 Å². The summed E-state index contributed by atoms with van der Waals surface area (Å²) in [4.78, 5) is 12.5. The van der Waals surface area contributed by atoms with E-state index in [0.717, 1.165) is 36.0 Å². The fraction of sp³-hybridized carbons (Fsp3) is 0.550. The van der Waals surface area contributed by atoms with Crippen LogP contribution in [0.5, 0.6) is 5.75 Å². The molecule has 0 saturated carbocycles. The smallest absolute Gasteiger partial charge is 0.162 e. The lowest BCUT2D eigenvalue weighted by atomic mass is 9.81. The number of carbonyl (C=O) groups excluding carboxylic acids is 1. The molecule has 0 aliphatic heterocycles. The molecule has 0 aliphatic carbocycles. The largest absolute Gasteiger partial charge is 0.507 e. The Balaban J connectivity index is 3.28. The van der Waals surface area contributed by atoms with Crippen molar-refractivity contribution in [3.8, 4) is 5.75 Å². The van der Waals surface area contributed by atoms with Gasteiger partial charge in [-0.3, -0.25) is 4.79 Å². The average molecular weight is 302 g/mol. The van der Waals surface area contributed by atoms with Crippen LogP contribution in [0.25, 0.3) is 0 Å². The third-order valence-corrected chi connectivity index (χ3v) is 4.22. The molecule has 0 heterocycles. The number of aromatic hydroxyl groups is 1. The summed E-state index contributed by atoms with van der Waals surface area (Å²) >= 11 is 0. The Morgan fingerprint density at radius 2 is 2.00 bits per heavy atom. The number of allylic oxidation sites excluding steroid dienone is 1. The van der Waals surface area contributed by atoms with Gasteiger partial charge in [-0.25, -0.2) is 0 Å². The van der Waals surface area contributed by atoms with Gasteiger partial charge in [0, 0.05) is 17.5 Å². The topological polar surface area (TPSA) is 37.3 Å². The summed E-state index contributed by atoms with van der Waals surface area (Å²) in [5, 5.41) is 10.6. The maximum Gasteiger partial charge on any atom is 0.162 e. The van der Waals surface area contributed by atoms with E-state index < -0.39 is 0 Å². The Morgan fingerprint density at radius 3 is 2.50 bits per heavy atom. The minimum atomic E-state index is -0.191. The molecular formula is C20H30O2. The molecule has 2 nitrogen and oxygen atoms in total. The maximum atomic E-state index is 12.5. The zero-order valence-electron chi connectivity index (χ0n) is 14.7. The van der Waals surface area contributed by atoms with Crippen molar-refractivity contribution in [2.24, 2.45) is 0 Å². The Bertz CT molecular complexity index is 535. The molecule has 0 saturated heterocycles. The van der Waals surface area contributed by atoms with Crippen molar-refractivity contribution in [2.45, 2.75) is 71.6 Å². The zero-order chi connectivity index (χ0) is 16.9. The Morgan fingerprint density at radius 1 is 1.36 bits per heavy atom. The van der Waals surface area contributed by atoms with Crippen LogP contribution >= 0.6 is 0 Å². The molecule has 0 radical (unpaired) electrons. The van der Waals surface area contributed by atoms with Gasteiger partial charge in [0.15, 0.2) is 5.78 Å². The molecule has 1 aromatic rings. The lowest BCUT2D eigenvalue weighted by Crippen LogP contribution is -2.14. The van der Waals surface area contributed by atoms with E-state index in [9.17, 15) is 9.90 Å². The quantitative estimate of drug-likeness (QED) is 0.396. The lowest BCUT2D eigenvalue weighted by molar-refractivity contribution is 0.0980. The molecule has 1 aromatic carbocycles. The van der Waals surface area contributed by atoms with Crippen LogP contribution in [-0.2, 0) is 5.41 Å². The highest BCUT2D eigenvalue weighted by Gasteiger charge is 2.24. The molecule has 1 unspecified atom stereocenters. The van der Waals surface area contributed by atoms with Crippen LogP contribution in [0.4, 0.5) is 0 Å². The highest BCUT2D eigenvalue weighted by molar-refractivity contribution is 5.96. The molecule has 0 aliphatic rings. The van der Waals surface area contributed by atoms with Crippen LogP contribution < -0.4 is 0 Å². The Labute approximate surface area is 135 Å². The van der Waals surface area contributed by atoms with E-state index >= 15 is 0 Å². The van der Waals surface area contributed by atoms with E-state index in [-0.39, 0.29) is 17.1 Å². The Kier molecular flexibility index (Phi) is 6.40. The standard InChI is InChI=1S/C20H30O2/c1-7-9-10-11-18(21)15-12-16(14(3)8-2)19(22)17(13-15)20(4,5)6/h7,12-14,22H,1,8-11H2,2-6H3. The van der Waals surface area contributed by atoms with Gasteiger partial charge >= 0.3 is 0 Å². The van der Waals surface area contributed by atoms with Crippen LogP contribution in [-0.4, -0.2) is 10.9 Å². The molecule has 0 bridgehead atoms. The number of unbranched alkanes of at least 4 members (excludes halogenated alkanes) is 1. The summed E-state index contributed by atoms with van der Waals surface area (Å²) < 4.78 is 0. The number of carbonyl (C=O) groups is 1. The summed E-state index contributed by atoms with van der Waals surface area (Å²) in [5.41, 5.74) is 2.28. The first-order valence-electron chi connectivity index (χ1n) is 8.23. The van der Waals surface area contributed by atoms with Crippen molar-refractivity contribution >= 4 is 5.78 Å². The van der Waals surface area contributed by atoms with Gasteiger partial charge < -0.3 is 5.11 Å². The van der Waals surface area contributed by atoms with Crippen LogP contribution in [0.15, 0.2) is 24.8 Å². The van der Waals surface area contributed by atoms with Crippen LogP contribution in [0, 0.1) is 0 Å². The molecule has 22 heavy (non-hydrogen) atoms. The number of Topliss-reactive ketones (excluding diaryl/α,β-unsaturated/α-hetero) is 1.